The monoisotopic (exact) mass is 483 g/mol. The van der Waals surface area contributed by atoms with Crippen molar-refractivity contribution in [3.63, 3.8) is 0 Å². The van der Waals surface area contributed by atoms with E-state index in [-0.39, 0.29) is 17.5 Å². The van der Waals surface area contributed by atoms with Crippen molar-refractivity contribution in [3.05, 3.63) is 94.8 Å². The molecule has 0 aromatic heterocycles. The Morgan fingerprint density at radius 2 is 1.86 bits per heavy atom. The molecule has 1 aliphatic heterocycles. The largest absolute Gasteiger partial charge is 0.493 e. The number of benzene rings is 3. The molecular weight excluding hydrogens is 457 g/mol. The molecule has 0 saturated heterocycles. The predicted octanol–water partition coefficient (Wildman–Crippen LogP) is 6.47. The Kier molecular flexibility index (Phi) is 6.73. The van der Waals surface area contributed by atoms with Crippen LogP contribution >= 0.6 is 0 Å². The molecule has 1 fully saturated rings. The number of nitriles is 1. The van der Waals surface area contributed by atoms with Gasteiger partial charge in [-0.1, -0.05) is 30.3 Å². The van der Waals surface area contributed by atoms with E-state index in [2.05, 4.69) is 6.07 Å². The molecule has 5 rings (SSSR count). The molecule has 1 aliphatic carbocycles. The van der Waals surface area contributed by atoms with E-state index in [4.69, 9.17) is 19.5 Å². The number of ether oxygens (including phenoxy) is 3. The minimum Gasteiger partial charge on any atom is -0.493 e. The van der Waals surface area contributed by atoms with Gasteiger partial charge in [0.1, 0.15) is 17.7 Å². The molecule has 0 amide bonds. The fourth-order valence-corrected chi connectivity index (χ4v) is 4.91. The third-order valence-electron chi connectivity index (χ3n) is 6.76. The Hall–Kier alpha value is -4.11. The third kappa shape index (κ3) is 4.70. The van der Waals surface area contributed by atoms with Gasteiger partial charge in [-0.2, -0.15) is 5.26 Å². The Morgan fingerprint density at radius 1 is 1.08 bits per heavy atom. The summed E-state index contributed by atoms with van der Waals surface area (Å²) in [6, 6.07) is 18.6. The standard InChI is InChI=1S/C30H26FNO4/c1-34-27-8-4-5-21(30(27)35-23-6-2-3-7-23)13-15-26-28(20-11-9-19(18-32)10-12-20)29(33)24-17-22(31)14-16-25(24)36-26/h4-5,8-17,23,26,28H,2-3,6-7H2,1H3/b15-13+. The lowest BCUT2D eigenvalue weighted by molar-refractivity contribution is 0.0841. The molecule has 0 radical (unpaired) electrons. The highest BCUT2D eigenvalue weighted by molar-refractivity contribution is 6.05. The smallest absolute Gasteiger partial charge is 0.178 e. The van der Waals surface area contributed by atoms with Crippen molar-refractivity contribution in [2.75, 3.05) is 7.11 Å². The average molecular weight is 484 g/mol. The van der Waals surface area contributed by atoms with Gasteiger partial charge in [0, 0.05) is 5.56 Å². The molecule has 2 unspecified atom stereocenters. The maximum absolute atomic E-state index is 14.0. The zero-order chi connectivity index (χ0) is 25.1. The van der Waals surface area contributed by atoms with Crippen molar-refractivity contribution in [3.8, 4) is 23.3 Å². The second-order valence-electron chi connectivity index (χ2n) is 9.06. The lowest BCUT2D eigenvalue weighted by Crippen LogP contribution is -2.34. The van der Waals surface area contributed by atoms with Gasteiger partial charge in [-0.3, -0.25) is 4.79 Å². The van der Waals surface area contributed by atoms with Gasteiger partial charge >= 0.3 is 0 Å². The molecule has 0 bridgehead atoms. The normalized spacial score (nSPS) is 19.5. The van der Waals surface area contributed by atoms with Gasteiger partial charge in [0.2, 0.25) is 0 Å². The summed E-state index contributed by atoms with van der Waals surface area (Å²) in [6.45, 7) is 0. The SMILES string of the molecule is COc1cccc(/C=C/C2Oc3ccc(F)cc3C(=O)C2c2ccc(C#N)cc2)c1OC1CCCC1. The summed E-state index contributed by atoms with van der Waals surface area (Å²) in [4.78, 5) is 13.6. The first-order valence-corrected chi connectivity index (χ1v) is 12.1. The van der Waals surface area contributed by atoms with Crippen LogP contribution in [0.4, 0.5) is 4.39 Å². The molecule has 3 aromatic carbocycles. The molecule has 2 atom stereocenters. The Morgan fingerprint density at radius 3 is 2.58 bits per heavy atom. The van der Waals surface area contributed by atoms with E-state index in [1.54, 1.807) is 31.4 Å². The van der Waals surface area contributed by atoms with E-state index in [0.29, 0.717) is 28.4 Å². The number of Topliss-reactive ketones (excluding diaryl/α,β-unsaturated/α-hetero) is 1. The zero-order valence-corrected chi connectivity index (χ0v) is 19.9. The minimum atomic E-state index is -0.701. The van der Waals surface area contributed by atoms with Crippen molar-refractivity contribution in [2.24, 2.45) is 0 Å². The second-order valence-corrected chi connectivity index (χ2v) is 9.06. The van der Waals surface area contributed by atoms with Crippen LogP contribution in [0.1, 0.15) is 58.6 Å². The Bertz CT molecular complexity index is 1340. The van der Waals surface area contributed by atoms with E-state index >= 15 is 0 Å². The quantitative estimate of drug-likeness (QED) is 0.402. The molecule has 36 heavy (non-hydrogen) atoms. The van der Waals surface area contributed by atoms with Crippen molar-refractivity contribution >= 4 is 11.9 Å². The van der Waals surface area contributed by atoms with Gasteiger partial charge in [-0.15, -0.1) is 0 Å². The van der Waals surface area contributed by atoms with Gasteiger partial charge in [0.15, 0.2) is 17.3 Å². The topological polar surface area (TPSA) is 68.5 Å². The molecule has 1 saturated carbocycles. The number of fused-ring (bicyclic) bond motifs is 1. The zero-order valence-electron chi connectivity index (χ0n) is 19.9. The lowest BCUT2D eigenvalue weighted by Gasteiger charge is -2.31. The van der Waals surface area contributed by atoms with Crippen LogP contribution in [0, 0.1) is 17.1 Å². The Balaban J connectivity index is 1.52. The molecule has 182 valence electrons. The summed E-state index contributed by atoms with van der Waals surface area (Å²) in [7, 11) is 1.62. The number of carbonyl (C=O) groups excluding carboxylic acids is 1. The summed E-state index contributed by atoms with van der Waals surface area (Å²) < 4.78 is 32.1. The first-order valence-electron chi connectivity index (χ1n) is 12.1. The maximum Gasteiger partial charge on any atom is 0.178 e. The second kappa shape index (κ2) is 10.2. The van der Waals surface area contributed by atoms with Crippen molar-refractivity contribution < 1.29 is 23.4 Å². The van der Waals surface area contributed by atoms with Crippen molar-refractivity contribution in [1.29, 1.82) is 5.26 Å². The van der Waals surface area contributed by atoms with E-state index in [1.807, 2.05) is 30.4 Å². The highest BCUT2D eigenvalue weighted by Gasteiger charge is 2.37. The number of hydrogen-bond acceptors (Lipinski definition) is 5. The molecule has 1 heterocycles. The molecule has 0 spiro atoms. The molecule has 6 heteroatoms. The highest BCUT2D eigenvalue weighted by Crippen LogP contribution is 2.39. The van der Waals surface area contributed by atoms with Crippen molar-refractivity contribution in [1.82, 2.24) is 0 Å². The van der Waals surface area contributed by atoms with Gasteiger partial charge in [-0.25, -0.2) is 4.39 Å². The summed E-state index contributed by atoms with van der Waals surface area (Å²) in [5.74, 6) is 0.227. The first kappa shape index (κ1) is 23.6. The van der Waals surface area contributed by atoms with Crippen LogP contribution < -0.4 is 14.2 Å². The number of halogens is 1. The number of hydrogen-bond donors (Lipinski definition) is 0. The Labute approximate surface area is 209 Å². The molecule has 5 nitrogen and oxygen atoms in total. The van der Waals surface area contributed by atoms with E-state index in [0.717, 1.165) is 31.2 Å². The van der Waals surface area contributed by atoms with Crippen LogP contribution in [-0.2, 0) is 0 Å². The summed E-state index contributed by atoms with van der Waals surface area (Å²) >= 11 is 0. The van der Waals surface area contributed by atoms with Crippen LogP contribution in [0.2, 0.25) is 0 Å². The van der Waals surface area contributed by atoms with E-state index < -0.39 is 17.8 Å². The van der Waals surface area contributed by atoms with Crippen LogP contribution in [0.3, 0.4) is 0 Å². The van der Waals surface area contributed by atoms with Crippen LogP contribution in [0.5, 0.6) is 17.2 Å². The summed E-state index contributed by atoms with van der Waals surface area (Å²) in [6.07, 6.45) is 7.54. The average Bonchev–Trinajstić information content (AvgIpc) is 3.42. The van der Waals surface area contributed by atoms with Crippen molar-refractivity contribution in [2.45, 2.75) is 43.8 Å². The molecular formula is C30H26FNO4. The lowest BCUT2D eigenvalue weighted by atomic mass is 9.83. The molecule has 3 aromatic rings. The van der Waals surface area contributed by atoms with Gasteiger partial charge < -0.3 is 14.2 Å². The summed E-state index contributed by atoms with van der Waals surface area (Å²) in [5, 5.41) is 9.17. The number of carbonyl (C=O) groups is 1. The minimum absolute atomic E-state index is 0.147. The molecule has 2 aliphatic rings. The van der Waals surface area contributed by atoms with Crippen LogP contribution in [0.25, 0.3) is 6.08 Å². The molecule has 0 N–H and O–H groups in total. The first-order chi connectivity index (χ1) is 17.6. The number of para-hydroxylation sites is 1. The van der Waals surface area contributed by atoms with Crippen LogP contribution in [0.15, 0.2) is 66.7 Å². The van der Waals surface area contributed by atoms with Gasteiger partial charge in [-0.05, 0) is 73.7 Å². The van der Waals surface area contributed by atoms with E-state index in [9.17, 15) is 9.18 Å². The third-order valence-corrected chi connectivity index (χ3v) is 6.76. The number of methoxy groups -OCH3 is 1. The van der Waals surface area contributed by atoms with E-state index in [1.165, 1.54) is 18.2 Å². The fourth-order valence-electron chi connectivity index (χ4n) is 4.91. The number of ketones is 1. The number of rotatable bonds is 6. The predicted molar refractivity (Wildman–Crippen MR) is 134 cm³/mol. The maximum atomic E-state index is 14.0. The van der Waals surface area contributed by atoms with Gasteiger partial charge in [0.25, 0.3) is 0 Å². The van der Waals surface area contributed by atoms with Gasteiger partial charge in [0.05, 0.1) is 36.3 Å². The highest BCUT2D eigenvalue weighted by atomic mass is 19.1. The summed E-state index contributed by atoms with van der Waals surface area (Å²) in [5.41, 5.74) is 2.21. The number of nitrogens with zero attached hydrogens (tertiary/aromatic N) is 1. The van der Waals surface area contributed by atoms with Crippen LogP contribution in [-0.4, -0.2) is 25.1 Å². The fraction of sp³-hybridized carbons (Fsp3) is 0.267.